The van der Waals surface area contributed by atoms with E-state index in [9.17, 15) is 4.79 Å². The van der Waals surface area contributed by atoms with Crippen molar-refractivity contribution in [2.45, 2.75) is 77.7 Å². The van der Waals surface area contributed by atoms with Crippen LogP contribution in [0.2, 0.25) is 0 Å². The van der Waals surface area contributed by atoms with Gasteiger partial charge in [0.1, 0.15) is 5.60 Å². The molecule has 1 heterocycles. The lowest BCUT2D eigenvalue weighted by atomic mass is 9.86. The maximum Gasteiger partial charge on any atom is 0.407 e. The average molecular weight is 308 g/mol. The molecule has 0 spiro atoms. The van der Waals surface area contributed by atoms with Gasteiger partial charge in [0.25, 0.3) is 0 Å². The maximum absolute atomic E-state index is 11.7. The number of ether oxygens (including phenoxy) is 1. The molecule has 1 fully saturated rings. The van der Waals surface area contributed by atoms with Crippen LogP contribution in [0.15, 0.2) is 12.4 Å². The third-order valence-corrected chi connectivity index (χ3v) is 3.82. The van der Waals surface area contributed by atoms with Crippen LogP contribution in [0.3, 0.4) is 0 Å². The summed E-state index contributed by atoms with van der Waals surface area (Å²) < 4.78 is 7.20. The van der Waals surface area contributed by atoms with E-state index in [1.54, 1.807) is 0 Å². The van der Waals surface area contributed by atoms with Gasteiger partial charge < -0.3 is 15.4 Å². The fraction of sp³-hybridized carbons (Fsp3) is 0.750. The zero-order valence-electron chi connectivity index (χ0n) is 14.2. The lowest BCUT2D eigenvalue weighted by Crippen LogP contribution is -2.53. The van der Waals surface area contributed by atoms with Crippen molar-refractivity contribution in [2.24, 2.45) is 0 Å². The van der Waals surface area contributed by atoms with Crippen molar-refractivity contribution in [3.05, 3.63) is 18.0 Å². The number of aryl methyl sites for hydroxylation is 1. The van der Waals surface area contributed by atoms with E-state index in [1.165, 1.54) is 5.56 Å². The van der Waals surface area contributed by atoms with Gasteiger partial charge in [-0.15, -0.1) is 0 Å². The van der Waals surface area contributed by atoms with Crippen molar-refractivity contribution in [3.63, 3.8) is 0 Å². The van der Waals surface area contributed by atoms with Crippen molar-refractivity contribution >= 4 is 6.09 Å². The van der Waals surface area contributed by atoms with E-state index in [1.807, 2.05) is 31.6 Å². The molecule has 1 aliphatic carbocycles. The zero-order chi connectivity index (χ0) is 16.3. The van der Waals surface area contributed by atoms with Gasteiger partial charge in [0.15, 0.2) is 0 Å². The van der Waals surface area contributed by atoms with E-state index in [0.29, 0.717) is 6.04 Å². The predicted octanol–water partition coefficient (Wildman–Crippen LogP) is 2.61. The van der Waals surface area contributed by atoms with E-state index in [2.05, 4.69) is 35.8 Å². The van der Waals surface area contributed by atoms with Crippen molar-refractivity contribution in [3.8, 4) is 0 Å². The standard InChI is InChI=1S/C16H28N4O2/c1-6-20-10-12(9-17-20)11(2)18-13-7-14(8-13)19-15(21)22-16(3,4)5/h9-11,13-14,18H,6-8H2,1-5H3,(H,19,21). The van der Waals surface area contributed by atoms with Gasteiger partial charge in [0.05, 0.1) is 6.20 Å². The van der Waals surface area contributed by atoms with Gasteiger partial charge in [-0.05, 0) is 47.5 Å². The van der Waals surface area contributed by atoms with E-state index in [-0.39, 0.29) is 18.2 Å². The second kappa shape index (κ2) is 6.69. The summed E-state index contributed by atoms with van der Waals surface area (Å²) in [5.41, 5.74) is 0.754. The van der Waals surface area contributed by atoms with Gasteiger partial charge in [-0.25, -0.2) is 4.79 Å². The first-order valence-electron chi connectivity index (χ1n) is 8.04. The first-order valence-corrected chi connectivity index (χ1v) is 8.04. The van der Waals surface area contributed by atoms with Crippen molar-refractivity contribution in [1.82, 2.24) is 20.4 Å². The molecule has 6 heteroatoms. The average Bonchev–Trinajstić information content (AvgIpc) is 2.82. The highest BCUT2D eigenvalue weighted by atomic mass is 16.6. The second-order valence-corrected chi connectivity index (χ2v) is 7.03. The van der Waals surface area contributed by atoms with Crippen LogP contribution in [0, 0.1) is 0 Å². The van der Waals surface area contributed by atoms with Crippen LogP contribution in [0.1, 0.15) is 59.1 Å². The molecule has 1 aliphatic rings. The minimum atomic E-state index is -0.445. The van der Waals surface area contributed by atoms with Crippen molar-refractivity contribution in [2.75, 3.05) is 0 Å². The summed E-state index contributed by atoms with van der Waals surface area (Å²) in [5, 5.41) is 10.8. The minimum Gasteiger partial charge on any atom is -0.444 e. The molecule has 1 aromatic rings. The molecule has 2 N–H and O–H groups in total. The molecule has 0 bridgehead atoms. The molecule has 2 rings (SSSR count). The number of carbonyl (C=O) groups is 1. The van der Waals surface area contributed by atoms with Crippen LogP contribution in [0.4, 0.5) is 4.79 Å². The van der Waals surface area contributed by atoms with Gasteiger partial charge in [0.2, 0.25) is 0 Å². The summed E-state index contributed by atoms with van der Waals surface area (Å²) in [6.45, 7) is 10.7. The van der Waals surface area contributed by atoms with Crippen LogP contribution >= 0.6 is 0 Å². The van der Waals surface area contributed by atoms with E-state index < -0.39 is 5.60 Å². The highest BCUT2D eigenvalue weighted by molar-refractivity contribution is 5.68. The monoisotopic (exact) mass is 308 g/mol. The van der Waals surface area contributed by atoms with Crippen LogP contribution < -0.4 is 10.6 Å². The minimum absolute atomic E-state index is 0.206. The molecule has 0 aromatic carbocycles. The predicted molar refractivity (Wildman–Crippen MR) is 85.6 cm³/mol. The topological polar surface area (TPSA) is 68.2 Å². The Labute approximate surface area is 132 Å². The lowest BCUT2D eigenvalue weighted by molar-refractivity contribution is 0.0463. The van der Waals surface area contributed by atoms with Crippen molar-refractivity contribution < 1.29 is 9.53 Å². The third-order valence-electron chi connectivity index (χ3n) is 3.82. The summed E-state index contributed by atoms with van der Waals surface area (Å²) in [6, 6.07) is 0.908. The van der Waals surface area contributed by atoms with Gasteiger partial charge in [-0.3, -0.25) is 4.68 Å². The molecule has 0 saturated heterocycles. The van der Waals surface area contributed by atoms with Crippen LogP contribution in [0.25, 0.3) is 0 Å². The summed E-state index contributed by atoms with van der Waals surface area (Å²) in [7, 11) is 0. The number of carbonyl (C=O) groups excluding carboxylic acids is 1. The Bertz CT molecular complexity index is 500. The molecule has 6 nitrogen and oxygen atoms in total. The Hall–Kier alpha value is -1.56. The fourth-order valence-electron chi connectivity index (χ4n) is 2.57. The molecule has 1 aromatic heterocycles. The van der Waals surface area contributed by atoms with E-state index in [4.69, 9.17) is 4.74 Å². The van der Waals surface area contributed by atoms with Crippen LogP contribution in [-0.2, 0) is 11.3 Å². The summed E-state index contributed by atoms with van der Waals surface area (Å²) in [4.78, 5) is 11.7. The number of hydrogen-bond acceptors (Lipinski definition) is 4. The first kappa shape index (κ1) is 16.8. The normalized spacial score (nSPS) is 22.8. The molecule has 1 amide bonds. The molecule has 0 radical (unpaired) electrons. The van der Waals surface area contributed by atoms with E-state index in [0.717, 1.165) is 19.4 Å². The summed E-state index contributed by atoms with van der Waals surface area (Å²) in [6.07, 6.45) is 5.54. The molecule has 1 saturated carbocycles. The Morgan fingerprint density at radius 2 is 2.14 bits per heavy atom. The largest absolute Gasteiger partial charge is 0.444 e. The van der Waals surface area contributed by atoms with Gasteiger partial charge >= 0.3 is 6.09 Å². The summed E-state index contributed by atoms with van der Waals surface area (Å²) >= 11 is 0. The van der Waals surface area contributed by atoms with E-state index >= 15 is 0 Å². The highest BCUT2D eigenvalue weighted by Gasteiger charge is 2.32. The van der Waals surface area contributed by atoms with Gasteiger partial charge in [0, 0.05) is 36.4 Å². The Morgan fingerprint density at radius 3 is 2.68 bits per heavy atom. The molecule has 1 unspecified atom stereocenters. The van der Waals surface area contributed by atoms with Crippen LogP contribution in [0.5, 0.6) is 0 Å². The highest BCUT2D eigenvalue weighted by Crippen LogP contribution is 2.24. The molecule has 22 heavy (non-hydrogen) atoms. The van der Waals surface area contributed by atoms with Gasteiger partial charge in [-0.2, -0.15) is 5.10 Å². The number of aromatic nitrogens is 2. The third kappa shape index (κ3) is 4.73. The number of hydrogen-bond donors (Lipinski definition) is 2. The smallest absolute Gasteiger partial charge is 0.407 e. The van der Waals surface area contributed by atoms with Gasteiger partial charge in [-0.1, -0.05) is 0 Å². The molecular formula is C16H28N4O2. The Balaban J connectivity index is 1.69. The zero-order valence-corrected chi connectivity index (χ0v) is 14.2. The summed E-state index contributed by atoms with van der Waals surface area (Å²) in [5.74, 6) is 0. The molecule has 1 atom stereocenters. The van der Waals surface area contributed by atoms with Crippen LogP contribution in [-0.4, -0.2) is 33.6 Å². The molecule has 124 valence electrons. The quantitative estimate of drug-likeness (QED) is 0.877. The molecular weight excluding hydrogens is 280 g/mol. The molecule has 0 aliphatic heterocycles. The first-order chi connectivity index (χ1) is 10.3. The Kier molecular flexibility index (Phi) is 5.11. The Morgan fingerprint density at radius 1 is 1.45 bits per heavy atom. The number of nitrogens with zero attached hydrogens (tertiary/aromatic N) is 2. The fourth-order valence-corrected chi connectivity index (χ4v) is 2.57. The number of alkyl carbamates (subject to hydrolysis) is 1. The second-order valence-electron chi connectivity index (χ2n) is 7.03. The number of nitrogens with one attached hydrogen (secondary N) is 2. The maximum atomic E-state index is 11.7. The van der Waals surface area contributed by atoms with Crippen molar-refractivity contribution in [1.29, 1.82) is 0 Å². The lowest BCUT2D eigenvalue weighted by Gasteiger charge is -2.38. The number of amides is 1. The number of rotatable bonds is 5. The SMILES string of the molecule is CCn1cc(C(C)NC2CC(NC(=O)OC(C)(C)C)C2)cn1.